The molecule has 1 saturated heterocycles. The van der Waals surface area contributed by atoms with E-state index < -0.39 is 0 Å². The largest absolute Gasteiger partial charge is 0.391 e. The van der Waals surface area contributed by atoms with Crippen LogP contribution in [0.5, 0.6) is 0 Å². The number of carbonyl (C=O) groups excluding carboxylic acids is 2. The Morgan fingerprint density at radius 1 is 0.893 bits per heavy atom. The minimum absolute atomic E-state index is 0.0126. The third-order valence-electron chi connectivity index (χ3n) is 6.85. The standard InChI is InChI=1S/C22H17ClN2O3/c23-15-9-5-4-8-12(15)19-18-13-10-14(20(18)28-24-19)17-16(13)21(26)25(22(17)27)11-6-2-1-3-7-11/h1-9,13-14,16-18,20H,10H2/t13-,14-,16+,17-,18-,20-/m1/s1. The summed E-state index contributed by atoms with van der Waals surface area (Å²) < 4.78 is 0. The molecule has 140 valence electrons. The summed E-state index contributed by atoms with van der Waals surface area (Å²) in [5.41, 5.74) is 2.33. The number of halogens is 1. The van der Waals surface area contributed by atoms with Crippen molar-refractivity contribution in [3.8, 4) is 0 Å². The molecule has 28 heavy (non-hydrogen) atoms. The fourth-order valence-electron chi connectivity index (χ4n) is 5.85. The van der Waals surface area contributed by atoms with Gasteiger partial charge in [-0.15, -0.1) is 0 Å². The predicted molar refractivity (Wildman–Crippen MR) is 104 cm³/mol. The van der Waals surface area contributed by atoms with Gasteiger partial charge in [0.25, 0.3) is 0 Å². The lowest BCUT2D eigenvalue weighted by Gasteiger charge is -2.30. The Kier molecular flexibility index (Phi) is 3.30. The maximum Gasteiger partial charge on any atom is 0.238 e. The number of hydrogen-bond donors (Lipinski definition) is 0. The van der Waals surface area contributed by atoms with Crippen LogP contribution in [-0.4, -0.2) is 23.6 Å². The molecule has 0 radical (unpaired) electrons. The lowest BCUT2D eigenvalue weighted by molar-refractivity contribution is -0.125. The third kappa shape index (κ3) is 1.95. The average Bonchev–Trinajstić information content (AvgIpc) is 3.43. The molecule has 0 N–H and O–H groups in total. The molecule has 2 saturated carbocycles. The minimum atomic E-state index is -0.306. The fourth-order valence-corrected chi connectivity index (χ4v) is 6.08. The lowest BCUT2D eigenvalue weighted by atomic mass is 9.71. The van der Waals surface area contributed by atoms with E-state index in [2.05, 4.69) is 5.16 Å². The summed E-state index contributed by atoms with van der Waals surface area (Å²) in [5, 5.41) is 4.97. The van der Waals surface area contributed by atoms with E-state index in [0.29, 0.717) is 10.7 Å². The highest BCUT2D eigenvalue weighted by Gasteiger charge is 2.70. The van der Waals surface area contributed by atoms with Crippen molar-refractivity contribution in [2.75, 3.05) is 4.90 Å². The Morgan fingerprint density at radius 2 is 1.57 bits per heavy atom. The Hall–Kier alpha value is -2.66. The van der Waals surface area contributed by atoms with E-state index in [1.54, 1.807) is 0 Å². The van der Waals surface area contributed by atoms with Crippen molar-refractivity contribution in [1.82, 2.24) is 0 Å². The van der Waals surface area contributed by atoms with Crippen LogP contribution >= 0.6 is 11.6 Å². The number of amides is 2. The van der Waals surface area contributed by atoms with Gasteiger partial charge < -0.3 is 4.84 Å². The second-order valence-corrected chi connectivity index (χ2v) is 8.42. The molecule has 4 aliphatic rings. The highest BCUT2D eigenvalue weighted by molar-refractivity contribution is 6.34. The van der Waals surface area contributed by atoms with E-state index in [-0.39, 0.29) is 47.5 Å². The number of imide groups is 1. The third-order valence-corrected chi connectivity index (χ3v) is 7.18. The van der Waals surface area contributed by atoms with Gasteiger partial charge in [-0.1, -0.05) is 53.2 Å². The average molecular weight is 393 g/mol. The van der Waals surface area contributed by atoms with Crippen molar-refractivity contribution < 1.29 is 14.4 Å². The van der Waals surface area contributed by atoms with Crippen molar-refractivity contribution in [2.45, 2.75) is 12.5 Å². The molecular formula is C22H17ClN2O3. The maximum atomic E-state index is 13.3. The summed E-state index contributed by atoms with van der Waals surface area (Å²) in [4.78, 5) is 33.6. The fraction of sp³-hybridized carbons (Fsp3) is 0.318. The molecule has 2 aliphatic heterocycles. The van der Waals surface area contributed by atoms with Gasteiger partial charge >= 0.3 is 0 Å². The molecule has 2 bridgehead atoms. The van der Waals surface area contributed by atoms with Crippen LogP contribution in [0, 0.1) is 29.6 Å². The van der Waals surface area contributed by atoms with Crippen LogP contribution in [0.1, 0.15) is 12.0 Å². The Balaban J connectivity index is 1.38. The molecule has 2 heterocycles. The van der Waals surface area contributed by atoms with Crippen molar-refractivity contribution in [1.29, 1.82) is 0 Å². The highest BCUT2D eigenvalue weighted by atomic mass is 35.5. The summed E-state index contributed by atoms with van der Waals surface area (Å²) >= 11 is 6.40. The van der Waals surface area contributed by atoms with Gasteiger partial charge in [0.15, 0.2) is 0 Å². The Labute approximate surface area is 166 Å². The van der Waals surface area contributed by atoms with Crippen LogP contribution in [0.3, 0.4) is 0 Å². The molecule has 6 heteroatoms. The van der Waals surface area contributed by atoms with Crippen LogP contribution in [-0.2, 0) is 14.4 Å². The topological polar surface area (TPSA) is 59.0 Å². The summed E-state index contributed by atoms with van der Waals surface area (Å²) in [7, 11) is 0. The minimum Gasteiger partial charge on any atom is -0.391 e. The molecule has 0 unspecified atom stereocenters. The van der Waals surface area contributed by atoms with E-state index in [1.165, 1.54) is 4.90 Å². The molecule has 2 aliphatic carbocycles. The molecular weight excluding hydrogens is 376 g/mol. The second kappa shape index (κ2) is 5.67. The number of rotatable bonds is 2. The van der Waals surface area contributed by atoms with Crippen molar-refractivity contribution >= 4 is 34.8 Å². The zero-order valence-electron chi connectivity index (χ0n) is 14.9. The van der Waals surface area contributed by atoms with E-state index in [1.807, 2.05) is 54.6 Å². The van der Waals surface area contributed by atoms with Gasteiger partial charge in [-0.3, -0.25) is 14.5 Å². The molecule has 0 spiro atoms. The summed E-state index contributed by atoms with van der Waals surface area (Å²) in [6.45, 7) is 0. The first-order chi connectivity index (χ1) is 13.7. The molecule has 2 aromatic carbocycles. The van der Waals surface area contributed by atoms with E-state index in [4.69, 9.17) is 16.4 Å². The zero-order valence-corrected chi connectivity index (χ0v) is 15.6. The van der Waals surface area contributed by atoms with Crippen LogP contribution in [0.2, 0.25) is 5.02 Å². The quantitative estimate of drug-likeness (QED) is 0.735. The number of hydrogen-bond acceptors (Lipinski definition) is 4. The predicted octanol–water partition coefficient (Wildman–Crippen LogP) is 3.51. The molecule has 6 atom stereocenters. The lowest BCUT2D eigenvalue weighted by Crippen LogP contribution is -2.41. The number of benzene rings is 2. The second-order valence-electron chi connectivity index (χ2n) is 8.01. The number of fused-ring (bicyclic) bond motifs is 8. The van der Waals surface area contributed by atoms with Crippen molar-refractivity contribution in [3.05, 3.63) is 65.2 Å². The SMILES string of the molecule is O=C1[C@@H]2[C@H]3C[C@@H]([C@@H]4C(c5ccccc5Cl)=NO[C@H]34)[C@@H]2C(=O)N1c1ccccc1. The maximum absolute atomic E-state index is 13.3. The first-order valence-corrected chi connectivity index (χ1v) is 9.96. The first-order valence-electron chi connectivity index (χ1n) is 9.58. The van der Waals surface area contributed by atoms with Gasteiger partial charge in [-0.05, 0) is 30.5 Å². The summed E-state index contributed by atoms with van der Waals surface area (Å²) in [6, 6.07) is 16.8. The van der Waals surface area contributed by atoms with Crippen LogP contribution in [0.15, 0.2) is 59.8 Å². The monoisotopic (exact) mass is 392 g/mol. The number of oxime groups is 1. The molecule has 2 amide bonds. The van der Waals surface area contributed by atoms with E-state index in [9.17, 15) is 9.59 Å². The van der Waals surface area contributed by atoms with Crippen LogP contribution in [0.4, 0.5) is 5.69 Å². The van der Waals surface area contributed by atoms with Gasteiger partial charge in [-0.2, -0.15) is 0 Å². The molecule has 3 fully saturated rings. The number of anilines is 1. The summed E-state index contributed by atoms with van der Waals surface area (Å²) in [5.74, 6) is -0.692. The Bertz CT molecular complexity index is 1040. The van der Waals surface area contributed by atoms with Crippen molar-refractivity contribution in [2.24, 2.45) is 34.7 Å². The Morgan fingerprint density at radius 3 is 2.32 bits per heavy atom. The number of para-hydroxylation sites is 1. The number of carbonyl (C=O) groups is 2. The first kappa shape index (κ1) is 16.3. The smallest absolute Gasteiger partial charge is 0.238 e. The molecule has 6 rings (SSSR count). The number of nitrogens with zero attached hydrogens (tertiary/aromatic N) is 2. The van der Waals surface area contributed by atoms with Gasteiger partial charge in [0.05, 0.1) is 23.2 Å². The van der Waals surface area contributed by atoms with Gasteiger partial charge in [0.2, 0.25) is 11.8 Å². The van der Waals surface area contributed by atoms with Gasteiger partial charge in [0.1, 0.15) is 6.10 Å². The van der Waals surface area contributed by atoms with Gasteiger partial charge in [-0.25, -0.2) is 0 Å². The normalized spacial score (nSPS) is 35.0. The van der Waals surface area contributed by atoms with Crippen LogP contribution < -0.4 is 4.90 Å². The molecule has 2 aromatic rings. The van der Waals surface area contributed by atoms with Gasteiger partial charge in [0, 0.05) is 22.4 Å². The zero-order chi connectivity index (χ0) is 19.0. The highest BCUT2D eigenvalue weighted by Crippen LogP contribution is 2.62. The van der Waals surface area contributed by atoms with Crippen molar-refractivity contribution in [3.63, 3.8) is 0 Å². The molecule has 0 aromatic heterocycles. The van der Waals surface area contributed by atoms with E-state index >= 15 is 0 Å². The summed E-state index contributed by atoms with van der Waals surface area (Å²) in [6.07, 6.45) is 0.679. The van der Waals surface area contributed by atoms with Crippen LogP contribution in [0.25, 0.3) is 0 Å². The van der Waals surface area contributed by atoms with E-state index in [0.717, 1.165) is 17.7 Å². The molecule has 5 nitrogen and oxygen atoms in total.